The lowest BCUT2D eigenvalue weighted by atomic mass is 10.1. The standard InChI is InChI=1S/C18H32N2O4/c1-14(2)13-23-17-7-5-6-16(12-17)19-18(21)8-9-22-10-11-24-20-15(3)4/h7,12,14-15,20H,5-6,8-11,13H2,1-4H3,(H,19,21). The Bertz CT molecular complexity index is 431. The first kappa shape index (κ1) is 20.7. The molecule has 0 aromatic carbocycles. The zero-order valence-electron chi connectivity index (χ0n) is 15.4. The normalized spacial score (nSPS) is 14.6. The van der Waals surface area contributed by atoms with E-state index in [9.17, 15) is 4.79 Å². The molecule has 1 rings (SSSR count). The minimum Gasteiger partial charge on any atom is -0.494 e. The molecule has 0 bridgehead atoms. The molecular formula is C18H32N2O4. The van der Waals surface area contributed by atoms with Crippen molar-refractivity contribution in [2.24, 2.45) is 5.92 Å². The van der Waals surface area contributed by atoms with Gasteiger partial charge in [-0.05, 0) is 44.8 Å². The highest BCUT2D eigenvalue weighted by Crippen LogP contribution is 2.17. The smallest absolute Gasteiger partial charge is 0.226 e. The third kappa shape index (κ3) is 10.4. The quantitative estimate of drug-likeness (QED) is 0.422. The van der Waals surface area contributed by atoms with Crippen LogP contribution in [-0.2, 0) is 19.1 Å². The highest BCUT2D eigenvalue weighted by molar-refractivity contribution is 5.78. The highest BCUT2D eigenvalue weighted by atomic mass is 16.7. The molecule has 0 heterocycles. The largest absolute Gasteiger partial charge is 0.494 e. The SMILES string of the molecule is CC(C)COC1=CCCC(NC(=O)CCOCCONC(C)C)=C1. The first-order valence-electron chi connectivity index (χ1n) is 8.75. The van der Waals surface area contributed by atoms with E-state index in [4.69, 9.17) is 14.3 Å². The summed E-state index contributed by atoms with van der Waals surface area (Å²) in [4.78, 5) is 17.1. The number of rotatable bonds is 12. The van der Waals surface area contributed by atoms with Crippen LogP contribution < -0.4 is 10.8 Å². The fraction of sp³-hybridized carbons (Fsp3) is 0.722. The maximum absolute atomic E-state index is 11.9. The fourth-order valence-corrected chi connectivity index (χ4v) is 1.97. The molecule has 0 saturated heterocycles. The molecule has 24 heavy (non-hydrogen) atoms. The van der Waals surface area contributed by atoms with Crippen LogP contribution >= 0.6 is 0 Å². The summed E-state index contributed by atoms with van der Waals surface area (Å²) in [6.45, 7) is 10.2. The van der Waals surface area contributed by atoms with Crippen LogP contribution in [0.5, 0.6) is 0 Å². The van der Waals surface area contributed by atoms with Gasteiger partial charge in [-0.1, -0.05) is 13.8 Å². The summed E-state index contributed by atoms with van der Waals surface area (Å²) in [7, 11) is 0. The number of hydrogen-bond acceptors (Lipinski definition) is 5. The molecule has 1 aliphatic rings. The second kappa shape index (κ2) is 12.1. The summed E-state index contributed by atoms with van der Waals surface area (Å²) >= 11 is 0. The van der Waals surface area contributed by atoms with Crippen molar-refractivity contribution in [3.8, 4) is 0 Å². The zero-order valence-corrected chi connectivity index (χ0v) is 15.4. The van der Waals surface area contributed by atoms with Crippen molar-refractivity contribution in [3.05, 3.63) is 23.6 Å². The summed E-state index contributed by atoms with van der Waals surface area (Å²) in [5, 5.41) is 2.93. The summed E-state index contributed by atoms with van der Waals surface area (Å²) < 4.78 is 11.1. The number of nitrogens with one attached hydrogen (secondary N) is 2. The number of hydroxylamine groups is 1. The van der Waals surface area contributed by atoms with Crippen LogP contribution in [0.15, 0.2) is 23.6 Å². The van der Waals surface area contributed by atoms with Crippen molar-refractivity contribution in [1.82, 2.24) is 10.8 Å². The Labute approximate surface area is 145 Å². The average Bonchev–Trinajstić information content (AvgIpc) is 2.52. The molecule has 0 spiro atoms. The number of carbonyl (C=O) groups excluding carboxylic acids is 1. The van der Waals surface area contributed by atoms with Crippen LogP contribution in [0.25, 0.3) is 0 Å². The van der Waals surface area contributed by atoms with Gasteiger partial charge in [0.1, 0.15) is 5.76 Å². The third-order valence-corrected chi connectivity index (χ3v) is 3.08. The lowest BCUT2D eigenvalue weighted by molar-refractivity contribution is -0.121. The van der Waals surface area contributed by atoms with Crippen molar-refractivity contribution >= 4 is 5.91 Å². The predicted molar refractivity (Wildman–Crippen MR) is 94.0 cm³/mol. The Morgan fingerprint density at radius 2 is 2.00 bits per heavy atom. The lowest BCUT2D eigenvalue weighted by Gasteiger charge is -2.17. The van der Waals surface area contributed by atoms with Gasteiger partial charge in [0.05, 0.1) is 32.8 Å². The molecule has 0 atom stereocenters. The van der Waals surface area contributed by atoms with Crippen LogP contribution in [0.2, 0.25) is 0 Å². The molecule has 0 aliphatic heterocycles. The van der Waals surface area contributed by atoms with Crippen molar-refractivity contribution in [1.29, 1.82) is 0 Å². The summed E-state index contributed by atoms with van der Waals surface area (Å²) in [5.74, 6) is 1.29. The monoisotopic (exact) mass is 340 g/mol. The van der Waals surface area contributed by atoms with Gasteiger partial charge in [-0.2, -0.15) is 5.48 Å². The van der Waals surface area contributed by atoms with Gasteiger partial charge in [-0.3, -0.25) is 9.63 Å². The Morgan fingerprint density at radius 3 is 2.71 bits per heavy atom. The molecule has 2 N–H and O–H groups in total. The number of hydrogen-bond donors (Lipinski definition) is 2. The van der Waals surface area contributed by atoms with Crippen LogP contribution in [0, 0.1) is 5.92 Å². The molecular weight excluding hydrogens is 308 g/mol. The number of carbonyl (C=O) groups is 1. The predicted octanol–water partition coefficient (Wildman–Crippen LogP) is 2.67. The molecule has 0 saturated carbocycles. The Kier molecular flexibility index (Phi) is 10.4. The molecule has 0 aromatic rings. The molecule has 6 heteroatoms. The van der Waals surface area contributed by atoms with Crippen molar-refractivity contribution < 1.29 is 19.1 Å². The van der Waals surface area contributed by atoms with Gasteiger partial charge in [0.2, 0.25) is 5.91 Å². The Balaban J connectivity index is 2.14. The maximum Gasteiger partial charge on any atom is 0.226 e. The molecule has 1 amide bonds. The van der Waals surface area contributed by atoms with Gasteiger partial charge < -0.3 is 14.8 Å². The topological polar surface area (TPSA) is 68.8 Å². The first-order valence-corrected chi connectivity index (χ1v) is 8.75. The molecule has 0 radical (unpaired) electrons. The highest BCUT2D eigenvalue weighted by Gasteiger charge is 2.10. The number of amides is 1. The van der Waals surface area contributed by atoms with Crippen molar-refractivity contribution in [2.75, 3.05) is 26.4 Å². The number of ether oxygens (including phenoxy) is 2. The molecule has 6 nitrogen and oxygen atoms in total. The zero-order chi connectivity index (χ0) is 17.8. The van der Waals surface area contributed by atoms with Gasteiger partial charge in [0.25, 0.3) is 0 Å². The van der Waals surface area contributed by atoms with Crippen LogP contribution in [-0.4, -0.2) is 38.4 Å². The Hall–Kier alpha value is -1.37. The molecule has 0 aromatic heterocycles. The molecule has 0 fully saturated rings. The second-order valence-corrected chi connectivity index (χ2v) is 6.55. The summed E-state index contributed by atoms with van der Waals surface area (Å²) in [6, 6.07) is 0.281. The van der Waals surface area contributed by atoms with E-state index in [2.05, 4.69) is 30.7 Å². The van der Waals surface area contributed by atoms with Gasteiger partial charge in [0.15, 0.2) is 0 Å². The minimum absolute atomic E-state index is 0.0346. The third-order valence-electron chi connectivity index (χ3n) is 3.08. The van der Waals surface area contributed by atoms with Crippen LogP contribution in [0.3, 0.4) is 0 Å². The summed E-state index contributed by atoms with van der Waals surface area (Å²) in [6.07, 6.45) is 6.02. The van der Waals surface area contributed by atoms with E-state index in [0.29, 0.717) is 38.8 Å². The van der Waals surface area contributed by atoms with E-state index < -0.39 is 0 Å². The number of allylic oxidation sites excluding steroid dienone is 3. The molecule has 138 valence electrons. The maximum atomic E-state index is 11.9. The minimum atomic E-state index is -0.0346. The second-order valence-electron chi connectivity index (χ2n) is 6.55. The van der Waals surface area contributed by atoms with E-state index in [0.717, 1.165) is 24.3 Å². The average molecular weight is 340 g/mol. The Morgan fingerprint density at radius 1 is 1.21 bits per heavy atom. The van der Waals surface area contributed by atoms with Gasteiger partial charge in [0, 0.05) is 11.7 Å². The van der Waals surface area contributed by atoms with E-state index in [1.54, 1.807) is 0 Å². The van der Waals surface area contributed by atoms with Crippen molar-refractivity contribution in [3.63, 3.8) is 0 Å². The van der Waals surface area contributed by atoms with Gasteiger partial charge >= 0.3 is 0 Å². The molecule has 1 aliphatic carbocycles. The van der Waals surface area contributed by atoms with Gasteiger partial charge in [-0.25, -0.2) is 0 Å². The molecule has 0 unspecified atom stereocenters. The van der Waals surface area contributed by atoms with E-state index in [-0.39, 0.29) is 11.9 Å². The first-order chi connectivity index (χ1) is 11.5. The van der Waals surface area contributed by atoms with Crippen LogP contribution in [0.1, 0.15) is 47.0 Å². The van der Waals surface area contributed by atoms with Crippen LogP contribution in [0.4, 0.5) is 0 Å². The summed E-state index contributed by atoms with van der Waals surface area (Å²) in [5.41, 5.74) is 3.74. The van der Waals surface area contributed by atoms with E-state index in [1.807, 2.05) is 19.9 Å². The fourth-order valence-electron chi connectivity index (χ4n) is 1.97. The van der Waals surface area contributed by atoms with Gasteiger partial charge in [-0.15, -0.1) is 0 Å². The van der Waals surface area contributed by atoms with E-state index in [1.165, 1.54) is 0 Å². The van der Waals surface area contributed by atoms with Crippen molar-refractivity contribution in [2.45, 2.75) is 53.0 Å². The lowest BCUT2D eigenvalue weighted by Crippen LogP contribution is -2.26. The van der Waals surface area contributed by atoms with E-state index >= 15 is 0 Å².